The van der Waals surface area contributed by atoms with Crippen molar-refractivity contribution in [3.05, 3.63) is 30.5 Å². The molecule has 0 radical (unpaired) electrons. The molecule has 0 unspecified atom stereocenters. The summed E-state index contributed by atoms with van der Waals surface area (Å²) in [7, 11) is 0. The van der Waals surface area contributed by atoms with Crippen molar-refractivity contribution in [1.29, 1.82) is 0 Å². The minimum atomic E-state index is -5.08. The van der Waals surface area contributed by atoms with Gasteiger partial charge >= 0.3 is 6.98 Å². The maximum absolute atomic E-state index is 12.6. The number of hydrogen-bond donors (Lipinski definition) is 1. The number of aromatic hydroxyl groups is 1. The van der Waals surface area contributed by atoms with Gasteiger partial charge in [0.25, 0.3) is 0 Å². The van der Waals surface area contributed by atoms with Crippen LogP contribution in [0.2, 0.25) is 0 Å². The number of benzene rings is 1. The topological polar surface area (TPSA) is 33.1 Å². The zero-order chi connectivity index (χ0) is 11.1. The van der Waals surface area contributed by atoms with Crippen LogP contribution in [0.25, 0.3) is 10.9 Å². The lowest BCUT2D eigenvalue weighted by molar-refractivity contribution is 0.480. The predicted octanol–water partition coefficient (Wildman–Crippen LogP) is 1.99. The number of phenols is 1. The van der Waals surface area contributed by atoms with Crippen LogP contribution in [-0.4, -0.2) is 17.1 Å². The number of para-hydroxylation sites is 1. The largest absolute Gasteiger partial charge is 0.510 e. The van der Waals surface area contributed by atoms with Gasteiger partial charge in [-0.25, -0.2) is 0 Å². The summed E-state index contributed by atoms with van der Waals surface area (Å²) in [5.74, 6) is -0.241. The van der Waals surface area contributed by atoms with Gasteiger partial charge in [0, 0.05) is 6.20 Å². The van der Waals surface area contributed by atoms with Crippen LogP contribution in [0.15, 0.2) is 30.5 Å². The molecule has 0 spiro atoms. The maximum Gasteiger partial charge on any atom is 0.510 e. The Morgan fingerprint density at radius 3 is 2.53 bits per heavy atom. The summed E-state index contributed by atoms with van der Waals surface area (Å²) in [4.78, 5) is 3.71. The fourth-order valence-corrected chi connectivity index (χ4v) is 1.47. The molecular formula is C9H6BF3NO-. The number of fused-ring (bicyclic) bond motifs is 1. The van der Waals surface area contributed by atoms with E-state index in [9.17, 15) is 18.1 Å². The summed E-state index contributed by atoms with van der Waals surface area (Å²) in [5.41, 5.74) is -0.745. The van der Waals surface area contributed by atoms with E-state index in [4.69, 9.17) is 0 Å². The molecule has 0 saturated heterocycles. The van der Waals surface area contributed by atoms with E-state index in [-0.39, 0.29) is 16.7 Å². The molecule has 0 fully saturated rings. The van der Waals surface area contributed by atoms with Crippen molar-refractivity contribution < 1.29 is 18.1 Å². The van der Waals surface area contributed by atoms with Crippen LogP contribution < -0.4 is 5.46 Å². The van der Waals surface area contributed by atoms with Crippen molar-refractivity contribution in [2.75, 3.05) is 0 Å². The first kappa shape index (κ1) is 9.83. The molecule has 15 heavy (non-hydrogen) atoms. The van der Waals surface area contributed by atoms with E-state index in [1.807, 2.05) is 0 Å². The van der Waals surface area contributed by atoms with E-state index in [0.29, 0.717) is 0 Å². The first-order valence-corrected chi connectivity index (χ1v) is 4.26. The lowest BCUT2D eigenvalue weighted by atomic mass is 9.78. The van der Waals surface area contributed by atoms with Gasteiger partial charge in [0.2, 0.25) is 0 Å². The Labute approximate surface area is 83.4 Å². The number of aromatic nitrogens is 1. The number of halogens is 3. The third kappa shape index (κ3) is 1.62. The summed E-state index contributed by atoms with van der Waals surface area (Å²) in [5, 5.41) is 9.27. The molecule has 0 aliphatic heterocycles. The molecular weight excluding hydrogens is 206 g/mol. The first-order valence-electron chi connectivity index (χ1n) is 4.26. The second-order valence-corrected chi connectivity index (χ2v) is 3.15. The SMILES string of the molecule is Oc1cccc2c([B-](F)(F)F)ccnc12. The van der Waals surface area contributed by atoms with E-state index in [1.165, 1.54) is 18.2 Å². The Bertz CT molecular complexity index is 512. The number of nitrogens with zero attached hydrogens (tertiary/aromatic N) is 1. The molecule has 0 bridgehead atoms. The molecule has 6 heteroatoms. The molecule has 0 amide bonds. The van der Waals surface area contributed by atoms with Gasteiger partial charge in [-0.15, -0.1) is 0 Å². The zero-order valence-corrected chi connectivity index (χ0v) is 7.49. The van der Waals surface area contributed by atoms with E-state index in [0.717, 1.165) is 12.3 Å². The van der Waals surface area contributed by atoms with Crippen LogP contribution in [0.4, 0.5) is 12.9 Å². The molecule has 1 aromatic heterocycles. The smallest absolute Gasteiger partial charge is 0.506 e. The van der Waals surface area contributed by atoms with Gasteiger partial charge in [0.1, 0.15) is 11.3 Å². The Morgan fingerprint density at radius 2 is 1.87 bits per heavy atom. The fraction of sp³-hybridized carbons (Fsp3) is 0. The van der Waals surface area contributed by atoms with Gasteiger partial charge in [0.05, 0.1) is 0 Å². The number of phenolic OH excluding ortho intramolecular Hbond substituents is 1. The van der Waals surface area contributed by atoms with Gasteiger partial charge in [-0.1, -0.05) is 23.7 Å². The Balaban J connectivity index is 2.83. The highest BCUT2D eigenvalue weighted by Gasteiger charge is 2.27. The molecule has 1 heterocycles. The summed E-state index contributed by atoms with van der Waals surface area (Å²) in [6.45, 7) is -5.08. The fourth-order valence-electron chi connectivity index (χ4n) is 1.47. The Morgan fingerprint density at radius 1 is 1.13 bits per heavy atom. The molecule has 2 aromatic rings. The minimum absolute atomic E-state index is 0.0193. The van der Waals surface area contributed by atoms with E-state index in [1.54, 1.807) is 0 Å². The average molecular weight is 212 g/mol. The molecule has 2 nitrogen and oxygen atoms in total. The summed E-state index contributed by atoms with van der Waals surface area (Å²) < 4.78 is 37.8. The second kappa shape index (κ2) is 3.15. The van der Waals surface area contributed by atoms with Crippen LogP contribution >= 0.6 is 0 Å². The molecule has 0 atom stereocenters. The number of hydrogen-bond acceptors (Lipinski definition) is 2. The summed E-state index contributed by atoms with van der Waals surface area (Å²) >= 11 is 0. The third-order valence-corrected chi connectivity index (χ3v) is 2.14. The number of pyridine rings is 1. The molecule has 1 aromatic carbocycles. The van der Waals surface area contributed by atoms with Crippen molar-refractivity contribution in [3.63, 3.8) is 0 Å². The van der Waals surface area contributed by atoms with Gasteiger partial charge in [-0.05, 0) is 11.5 Å². The molecule has 0 aliphatic rings. The quantitative estimate of drug-likeness (QED) is 0.733. The second-order valence-electron chi connectivity index (χ2n) is 3.15. The van der Waals surface area contributed by atoms with Crippen LogP contribution in [-0.2, 0) is 0 Å². The molecule has 0 saturated carbocycles. The maximum atomic E-state index is 12.6. The van der Waals surface area contributed by atoms with E-state index < -0.39 is 12.4 Å². The van der Waals surface area contributed by atoms with Crippen molar-refractivity contribution >= 4 is 23.3 Å². The molecule has 2 rings (SSSR count). The first-order chi connectivity index (χ1) is 7.00. The van der Waals surface area contributed by atoms with Crippen molar-refractivity contribution in [3.8, 4) is 5.75 Å². The van der Waals surface area contributed by atoms with E-state index >= 15 is 0 Å². The van der Waals surface area contributed by atoms with Crippen molar-refractivity contribution in [1.82, 2.24) is 4.98 Å². The van der Waals surface area contributed by atoms with Crippen molar-refractivity contribution in [2.45, 2.75) is 0 Å². The highest BCUT2D eigenvalue weighted by Crippen LogP contribution is 2.23. The summed E-state index contributed by atoms with van der Waals surface area (Å²) in [6.07, 6.45) is 1.05. The predicted molar refractivity (Wildman–Crippen MR) is 52.1 cm³/mol. The minimum Gasteiger partial charge on any atom is -0.506 e. The lowest BCUT2D eigenvalue weighted by Gasteiger charge is -2.17. The van der Waals surface area contributed by atoms with Gasteiger partial charge in [-0.2, -0.15) is 0 Å². The van der Waals surface area contributed by atoms with Gasteiger partial charge in [-0.3, -0.25) is 4.98 Å². The highest BCUT2D eigenvalue weighted by atomic mass is 19.4. The van der Waals surface area contributed by atoms with Crippen LogP contribution in [0.1, 0.15) is 0 Å². The van der Waals surface area contributed by atoms with Gasteiger partial charge in [0.15, 0.2) is 0 Å². The normalized spacial score (nSPS) is 11.9. The van der Waals surface area contributed by atoms with E-state index in [2.05, 4.69) is 4.98 Å². The lowest BCUT2D eigenvalue weighted by Crippen LogP contribution is -2.34. The Kier molecular flexibility index (Phi) is 2.06. The summed E-state index contributed by atoms with van der Waals surface area (Å²) in [6, 6.07) is 4.89. The molecule has 1 N–H and O–H groups in total. The van der Waals surface area contributed by atoms with Crippen LogP contribution in [0.3, 0.4) is 0 Å². The molecule has 0 aliphatic carbocycles. The third-order valence-electron chi connectivity index (χ3n) is 2.14. The zero-order valence-electron chi connectivity index (χ0n) is 7.49. The van der Waals surface area contributed by atoms with Crippen molar-refractivity contribution in [2.24, 2.45) is 0 Å². The monoisotopic (exact) mass is 212 g/mol. The standard InChI is InChI=1S/C9H6BF3NO/c11-10(12,13)7-4-5-14-9-6(7)2-1-3-8(9)15/h1-5,15H/q-1. The Hall–Kier alpha value is -1.72. The highest BCUT2D eigenvalue weighted by molar-refractivity contribution is 6.75. The van der Waals surface area contributed by atoms with Crippen LogP contribution in [0, 0.1) is 0 Å². The molecule has 78 valence electrons. The van der Waals surface area contributed by atoms with Crippen LogP contribution in [0.5, 0.6) is 5.75 Å². The average Bonchev–Trinajstić information content (AvgIpc) is 2.16. The van der Waals surface area contributed by atoms with Gasteiger partial charge < -0.3 is 18.1 Å². The number of rotatable bonds is 1.